The molecular weight excluding hydrogens is 298 g/mol. The smallest absolute Gasteiger partial charge is 0.229 e. The van der Waals surface area contributed by atoms with E-state index < -0.39 is 0 Å². The molecule has 0 aliphatic rings. The van der Waals surface area contributed by atoms with Crippen LogP contribution in [0.2, 0.25) is 0 Å². The van der Waals surface area contributed by atoms with Gasteiger partial charge in [0.1, 0.15) is 23.0 Å². The summed E-state index contributed by atoms with van der Waals surface area (Å²) in [6.07, 6.45) is 1.44. The Morgan fingerprint density at radius 3 is 2.35 bits per heavy atom. The quantitative estimate of drug-likeness (QED) is 0.755. The number of nitrogens with zero attached hydrogens (tertiary/aromatic N) is 2. The molecule has 0 radical (unpaired) electrons. The first-order valence-corrected chi connectivity index (χ1v) is 6.84. The van der Waals surface area contributed by atoms with E-state index in [2.05, 4.69) is 15.3 Å². The molecule has 0 atom stereocenters. The number of carbonyl (C=O) groups excluding carboxylic acids is 1. The summed E-state index contributed by atoms with van der Waals surface area (Å²) >= 11 is 0. The van der Waals surface area contributed by atoms with Gasteiger partial charge < -0.3 is 26.3 Å². The lowest BCUT2D eigenvalue weighted by atomic mass is 10.1. The molecule has 0 unspecified atom stereocenters. The number of aryl methyl sites for hydroxylation is 1. The van der Waals surface area contributed by atoms with Crippen molar-refractivity contribution >= 4 is 23.4 Å². The average molecular weight is 317 g/mol. The number of hydrogen-bond donors (Lipinski definition) is 3. The SMILES string of the molecule is COc1cc(C)cc(OC)c1NC(=O)Cc1cnc(N)nc1N. The van der Waals surface area contributed by atoms with E-state index in [1.54, 1.807) is 12.1 Å². The summed E-state index contributed by atoms with van der Waals surface area (Å²) in [5, 5.41) is 2.77. The van der Waals surface area contributed by atoms with Crippen LogP contribution in [-0.4, -0.2) is 30.1 Å². The lowest BCUT2D eigenvalue weighted by molar-refractivity contribution is -0.115. The number of methoxy groups -OCH3 is 2. The van der Waals surface area contributed by atoms with Gasteiger partial charge in [0.2, 0.25) is 11.9 Å². The van der Waals surface area contributed by atoms with Crippen molar-refractivity contribution < 1.29 is 14.3 Å². The maximum absolute atomic E-state index is 12.3. The highest BCUT2D eigenvalue weighted by molar-refractivity contribution is 5.96. The second-order valence-corrected chi connectivity index (χ2v) is 4.91. The first-order valence-electron chi connectivity index (χ1n) is 6.84. The fourth-order valence-corrected chi connectivity index (χ4v) is 2.09. The second kappa shape index (κ2) is 6.82. The van der Waals surface area contributed by atoms with E-state index in [0.29, 0.717) is 22.7 Å². The van der Waals surface area contributed by atoms with Gasteiger partial charge in [0, 0.05) is 11.8 Å². The van der Waals surface area contributed by atoms with Crippen LogP contribution in [0, 0.1) is 6.92 Å². The van der Waals surface area contributed by atoms with E-state index in [4.69, 9.17) is 20.9 Å². The highest BCUT2D eigenvalue weighted by Crippen LogP contribution is 2.36. The van der Waals surface area contributed by atoms with Crippen LogP contribution in [-0.2, 0) is 11.2 Å². The molecule has 1 amide bonds. The minimum Gasteiger partial charge on any atom is -0.494 e. The van der Waals surface area contributed by atoms with Gasteiger partial charge in [-0.25, -0.2) is 4.98 Å². The Labute approximate surface area is 133 Å². The third-order valence-electron chi connectivity index (χ3n) is 3.18. The van der Waals surface area contributed by atoms with Crippen molar-refractivity contribution in [2.75, 3.05) is 31.0 Å². The molecular formula is C15H19N5O3. The standard InChI is InChI=1S/C15H19N5O3/c1-8-4-10(22-2)13(11(5-8)23-3)19-12(21)6-9-7-18-15(17)20-14(9)16/h4-5,7H,6H2,1-3H3,(H,19,21)(H4,16,17,18,20). The van der Waals surface area contributed by atoms with Crippen molar-refractivity contribution in [2.45, 2.75) is 13.3 Å². The Morgan fingerprint density at radius 2 is 1.83 bits per heavy atom. The van der Waals surface area contributed by atoms with Gasteiger partial charge in [0.05, 0.1) is 20.6 Å². The monoisotopic (exact) mass is 317 g/mol. The van der Waals surface area contributed by atoms with Gasteiger partial charge in [0.15, 0.2) is 0 Å². The predicted octanol–water partition coefficient (Wildman–Crippen LogP) is 1.15. The zero-order valence-electron chi connectivity index (χ0n) is 13.2. The van der Waals surface area contributed by atoms with E-state index in [0.717, 1.165) is 5.56 Å². The van der Waals surface area contributed by atoms with Crippen LogP contribution in [0.1, 0.15) is 11.1 Å². The van der Waals surface area contributed by atoms with Gasteiger partial charge in [0.25, 0.3) is 0 Å². The van der Waals surface area contributed by atoms with E-state index >= 15 is 0 Å². The van der Waals surface area contributed by atoms with Crippen LogP contribution in [0.15, 0.2) is 18.3 Å². The van der Waals surface area contributed by atoms with Crippen LogP contribution in [0.25, 0.3) is 0 Å². The highest BCUT2D eigenvalue weighted by atomic mass is 16.5. The molecule has 0 aliphatic carbocycles. The summed E-state index contributed by atoms with van der Waals surface area (Å²) < 4.78 is 10.6. The second-order valence-electron chi connectivity index (χ2n) is 4.91. The summed E-state index contributed by atoms with van der Waals surface area (Å²) in [4.78, 5) is 19.9. The van der Waals surface area contributed by atoms with Crippen LogP contribution < -0.4 is 26.3 Å². The molecule has 8 heteroatoms. The number of nitrogens with one attached hydrogen (secondary N) is 1. The maximum atomic E-state index is 12.3. The summed E-state index contributed by atoms with van der Waals surface area (Å²) in [6, 6.07) is 3.61. The fraction of sp³-hybridized carbons (Fsp3) is 0.267. The first kappa shape index (κ1) is 16.3. The van der Waals surface area contributed by atoms with Gasteiger partial charge in [-0.2, -0.15) is 4.98 Å². The molecule has 1 aromatic carbocycles. The average Bonchev–Trinajstić information content (AvgIpc) is 2.51. The number of anilines is 3. The first-order chi connectivity index (χ1) is 10.9. The number of rotatable bonds is 5. The van der Waals surface area contributed by atoms with Crippen LogP contribution >= 0.6 is 0 Å². The van der Waals surface area contributed by atoms with Gasteiger partial charge >= 0.3 is 0 Å². The van der Waals surface area contributed by atoms with Gasteiger partial charge in [-0.3, -0.25) is 4.79 Å². The van der Waals surface area contributed by atoms with E-state index in [9.17, 15) is 4.79 Å². The third-order valence-corrected chi connectivity index (χ3v) is 3.18. The summed E-state index contributed by atoms with van der Waals surface area (Å²) in [5.74, 6) is 0.961. The van der Waals surface area contributed by atoms with Crippen molar-refractivity contribution in [3.05, 3.63) is 29.5 Å². The lowest BCUT2D eigenvalue weighted by Crippen LogP contribution is -2.17. The van der Waals surface area contributed by atoms with Crippen molar-refractivity contribution in [1.29, 1.82) is 0 Å². The number of benzene rings is 1. The highest BCUT2D eigenvalue weighted by Gasteiger charge is 2.16. The maximum Gasteiger partial charge on any atom is 0.229 e. The number of aromatic nitrogens is 2. The van der Waals surface area contributed by atoms with Crippen LogP contribution in [0.3, 0.4) is 0 Å². The number of amides is 1. The van der Waals surface area contributed by atoms with E-state index in [-0.39, 0.29) is 24.1 Å². The van der Waals surface area contributed by atoms with Crippen molar-refractivity contribution in [1.82, 2.24) is 9.97 Å². The number of hydrogen-bond acceptors (Lipinski definition) is 7. The molecule has 2 rings (SSSR count). The normalized spacial score (nSPS) is 10.2. The Kier molecular flexibility index (Phi) is 4.85. The topological polar surface area (TPSA) is 125 Å². The predicted molar refractivity (Wildman–Crippen MR) is 87.5 cm³/mol. The molecule has 23 heavy (non-hydrogen) atoms. The number of nitrogens with two attached hydrogens (primary N) is 2. The molecule has 1 heterocycles. The third kappa shape index (κ3) is 3.79. The molecule has 0 bridgehead atoms. The molecule has 8 nitrogen and oxygen atoms in total. The summed E-state index contributed by atoms with van der Waals surface area (Å²) in [6.45, 7) is 1.91. The molecule has 1 aromatic heterocycles. The summed E-state index contributed by atoms with van der Waals surface area (Å²) in [7, 11) is 3.05. The number of ether oxygens (including phenoxy) is 2. The van der Waals surface area contributed by atoms with Crippen molar-refractivity contribution in [3.63, 3.8) is 0 Å². The lowest BCUT2D eigenvalue weighted by Gasteiger charge is -2.15. The number of carbonyl (C=O) groups is 1. The molecule has 5 N–H and O–H groups in total. The fourth-order valence-electron chi connectivity index (χ4n) is 2.09. The Morgan fingerprint density at radius 1 is 1.22 bits per heavy atom. The minimum atomic E-state index is -0.300. The molecule has 0 saturated heterocycles. The molecule has 0 aliphatic heterocycles. The van der Waals surface area contributed by atoms with Crippen molar-refractivity contribution in [3.8, 4) is 11.5 Å². The Hall–Kier alpha value is -3.03. The molecule has 0 saturated carbocycles. The zero-order chi connectivity index (χ0) is 17.0. The van der Waals surface area contributed by atoms with Crippen LogP contribution in [0.4, 0.5) is 17.5 Å². The van der Waals surface area contributed by atoms with Crippen LogP contribution in [0.5, 0.6) is 11.5 Å². The van der Waals surface area contributed by atoms with Gasteiger partial charge in [-0.05, 0) is 24.6 Å². The van der Waals surface area contributed by atoms with E-state index in [1.807, 2.05) is 6.92 Å². The molecule has 122 valence electrons. The molecule has 0 fully saturated rings. The van der Waals surface area contributed by atoms with Gasteiger partial charge in [-0.15, -0.1) is 0 Å². The van der Waals surface area contributed by atoms with Crippen molar-refractivity contribution in [2.24, 2.45) is 0 Å². The Balaban J connectivity index is 2.23. The van der Waals surface area contributed by atoms with Gasteiger partial charge in [-0.1, -0.05) is 0 Å². The largest absolute Gasteiger partial charge is 0.494 e. The summed E-state index contributed by atoms with van der Waals surface area (Å²) in [5.41, 5.74) is 13.1. The Bertz CT molecular complexity index is 708. The zero-order valence-corrected chi connectivity index (χ0v) is 13.2. The molecule has 0 spiro atoms. The molecule has 2 aromatic rings. The van der Waals surface area contributed by atoms with E-state index in [1.165, 1.54) is 20.4 Å². The minimum absolute atomic E-state index is 0.00625. The number of nitrogen functional groups attached to an aromatic ring is 2.